The summed E-state index contributed by atoms with van der Waals surface area (Å²) in [5.74, 6) is -0.131. The van der Waals surface area contributed by atoms with Crippen LogP contribution in [-0.2, 0) is 5.41 Å². The average Bonchev–Trinajstić information content (AvgIpc) is 2.42. The molecule has 0 unspecified atom stereocenters. The molecule has 0 aliphatic rings. The summed E-state index contributed by atoms with van der Waals surface area (Å²) in [6.45, 7) is 6.28. The van der Waals surface area contributed by atoms with Crippen LogP contribution in [0.3, 0.4) is 0 Å². The lowest BCUT2D eigenvalue weighted by Gasteiger charge is -2.16. The summed E-state index contributed by atoms with van der Waals surface area (Å²) in [5, 5.41) is 2.58. The molecule has 1 aromatic heterocycles. The fourth-order valence-electron chi connectivity index (χ4n) is 1.19. The molecule has 15 heavy (non-hydrogen) atoms. The molecule has 0 bridgehead atoms. The molecule has 1 amide bonds. The minimum absolute atomic E-state index is 0.0100. The first kappa shape index (κ1) is 12.5. The predicted molar refractivity (Wildman–Crippen MR) is 68.5 cm³/mol. The van der Waals surface area contributed by atoms with Gasteiger partial charge >= 0.3 is 0 Å². The van der Waals surface area contributed by atoms with E-state index in [0.717, 1.165) is 9.35 Å². The molecular formula is C10H15BrN2OS. The molecule has 0 aliphatic carbocycles. The van der Waals surface area contributed by atoms with Crippen molar-refractivity contribution in [2.45, 2.75) is 26.2 Å². The Bertz CT molecular complexity index is 393. The number of anilines is 1. The molecule has 0 radical (unpaired) electrons. The van der Waals surface area contributed by atoms with E-state index in [-0.39, 0.29) is 11.3 Å². The van der Waals surface area contributed by atoms with Crippen LogP contribution in [0.4, 0.5) is 5.69 Å². The number of nitrogens with two attached hydrogens (primary N) is 1. The highest BCUT2D eigenvalue weighted by molar-refractivity contribution is 9.10. The Hall–Kier alpha value is -0.550. The Morgan fingerprint density at radius 2 is 2.00 bits per heavy atom. The third-order valence-electron chi connectivity index (χ3n) is 2.00. The summed E-state index contributed by atoms with van der Waals surface area (Å²) in [4.78, 5) is 13.2. The maximum atomic E-state index is 11.5. The lowest BCUT2D eigenvalue weighted by atomic mass is 9.94. The molecule has 84 valence electrons. The number of hydrogen-bond donors (Lipinski definition) is 2. The standard InChI is InChI=1S/C10H15BrN2OS/c1-10(2,3)8-5(11)6(12)7(15-8)9(14)13-4/h12H2,1-4H3,(H,13,14). The molecule has 1 rings (SSSR count). The number of thiophene rings is 1. The largest absolute Gasteiger partial charge is 0.396 e. The van der Waals surface area contributed by atoms with Crippen LogP contribution in [0, 0.1) is 0 Å². The minimum Gasteiger partial charge on any atom is -0.396 e. The van der Waals surface area contributed by atoms with Crippen molar-refractivity contribution in [2.75, 3.05) is 12.8 Å². The monoisotopic (exact) mass is 290 g/mol. The van der Waals surface area contributed by atoms with E-state index >= 15 is 0 Å². The lowest BCUT2D eigenvalue weighted by Crippen LogP contribution is -2.17. The maximum absolute atomic E-state index is 11.5. The first-order valence-electron chi connectivity index (χ1n) is 4.59. The zero-order valence-electron chi connectivity index (χ0n) is 9.27. The number of carbonyl (C=O) groups is 1. The van der Waals surface area contributed by atoms with Crippen LogP contribution in [0.25, 0.3) is 0 Å². The predicted octanol–water partition coefficient (Wildman–Crippen LogP) is 2.75. The molecule has 5 heteroatoms. The number of carbonyl (C=O) groups excluding carboxylic acids is 1. The second-order valence-electron chi connectivity index (χ2n) is 4.32. The van der Waals surface area contributed by atoms with Crippen LogP contribution >= 0.6 is 27.3 Å². The molecule has 0 atom stereocenters. The highest BCUT2D eigenvalue weighted by Gasteiger charge is 2.26. The summed E-state index contributed by atoms with van der Waals surface area (Å²) in [6, 6.07) is 0. The second kappa shape index (κ2) is 4.14. The lowest BCUT2D eigenvalue weighted by molar-refractivity contribution is 0.0968. The average molecular weight is 291 g/mol. The van der Waals surface area contributed by atoms with Crippen molar-refractivity contribution >= 4 is 38.9 Å². The minimum atomic E-state index is -0.131. The fourth-order valence-corrected chi connectivity index (χ4v) is 3.47. The summed E-state index contributed by atoms with van der Waals surface area (Å²) in [7, 11) is 1.60. The van der Waals surface area contributed by atoms with Gasteiger partial charge in [0.05, 0.1) is 10.2 Å². The Labute approximate surface area is 102 Å². The van der Waals surface area contributed by atoms with E-state index in [4.69, 9.17) is 5.73 Å². The van der Waals surface area contributed by atoms with Crippen LogP contribution in [-0.4, -0.2) is 13.0 Å². The number of halogens is 1. The van der Waals surface area contributed by atoms with Crippen molar-refractivity contribution in [3.05, 3.63) is 14.2 Å². The van der Waals surface area contributed by atoms with Gasteiger partial charge in [-0.1, -0.05) is 20.8 Å². The van der Waals surface area contributed by atoms with E-state index in [1.54, 1.807) is 7.05 Å². The van der Waals surface area contributed by atoms with E-state index in [9.17, 15) is 4.79 Å². The molecule has 1 aromatic rings. The van der Waals surface area contributed by atoms with Gasteiger partial charge in [0.15, 0.2) is 0 Å². The first-order valence-corrected chi connectivity index (χ1v) is 6.20. The molecule has 3 N–H and O–H groups in total. The molecule has 0 spiro atoms. The molecule has 0 aliphatic heterocycles. The summed E-state index contributed by atoms with van der Waals surface area (Å²) >= 11 is 4.88. The molecular weight excluding hydrogens is 276 g/mol. The number of hydrogen-bond acceptors (Lipinski definition) is 3. The zero-order valence-corrected chi connectivity index (χ0v) is 11.7. The van der Waals surface area contributed by atoms with Crippen molar-refractivity contribution in [2.24, 2.45) is 0 Å². The van der Waals surface area contributed by atoms with Crippen LogP contribution in [0.2, 0.25) is 0 Å². The Morgan fingerprint density at radius 1 is 1.47 bits per heavy atom. The summed E-state index contributed by atoms with van der Waals surface area (Å²) < 4.78 is 0.846. The van der Waals surface area contributed by atoms with Gasteiger partial charge in [0.1, 0.15) is 4.88 Å². The number of nitrogens with one attached hydrogen (secondary N) is 1. The van der Waals surface area contributed by atoms with Gasteiger partial charge in [-0.25, -0.2) is 0 Å². The van der Waals surface area contributed by atoms with Crippen molar-refractivity contribution in [1.29, 1.82) is 0 Å². The van der Waals surface area contributed by atoms with Crippen LogP contribution < -0.4 is 11.1 Å². The zero-order chi connectivity index (χ0) is 11.8. The Morgan fingerprint density at radius 3 is 2.33 bits per heavy atom. The van der Waals surface area contributed by atoms with Gasteiger partial charge in [-0.15, -0.1) is 11.3 Å². The normalized spacial score (nSPS) is 11.5. The van der Waals surface area contributed by atoms with Gasteiger partial charge in [0, 0.05) is 11.9 Å². The Kier molecular flexibility index (Phi) is 3.45. The van der Waals surface area contributed by atoms with Gasteiger partial charge in [0.2, 0.25) is 0 Å². The Balaban J connectivity index is 3.31. The van der Waals surface area contributed by atoms with Crippen molar-refractivity contribution in [1.82, 2.24) is 5.32 Å². The number of amides is 1. The van der Waals surface area contributed by atoms with Gasteiger partial charge in [0.25, 0.3) is 5.91 Å². The van der Waals surface area contributed by atoms with Gasteiger partial charge < -0.3 is 11.1 Å². The third kappa shape index (κ3) is 2.34. The second-order valence-corrected chi connectivity index (χ2v) is 6.13. The SMILES string of the molecule is CNC(=O)c1sc(C(C)(C)C)c(Br)c1N. The maximum Gasteiger partial charge on any atom is 0.263 e. The highest BCUT2D eigenvalue weighted by Crippen LogP contribution is 2.42. The van der Waals surface area contributed by atoms with E-state index in [0.29, 0.717) is 10.6 Å². The van der Waals surface area contributed by atoms with Gasteiger partial charge in [-0.3, -0.25) is 4.79 Å². The molecule has 1 heterocycles. The molecule has 0 aromatic carbocycles. The van der Waals surface area contributed by atoms with Gasteiger partial charge in [-0.2, -0.15) is 0 Å². The fraction of sp³-hybridized carbons (Fsp3) is 0.500. The quantitative estimate of drug-likeness (QED) is 0.836. The van der Waals surface area contributed by atoms with Crippen molar-refractivity contribution in [3.63, 3.8) is 0 Å². The van der Waals surface area contributed by atoms with Gasteiger partial charge in [-0.05, 0) is 21.3 Å². The molecule has 0 saturated heterocycles. The number of rotatable bonds is 1. The molecule has 0 fully saturated rings. The third-order valence-corrected chi connectivity index (χ3v) is 4.72. The number of nitrogen functional groups attached to an aromatic ring is 1. The van der Waals surface area contributed by atoms with Crippen LogP contribution in [0.5, 0.6) is 0 Å². The van der Waals surface area contributed by atoms with Crippen molar-refractivity contribution < 1.29 is 4.79 Å². The van der Waals surface area contributed by atoms with Crippen LogP contribution in [0.15, 0.2) is 4.47 Å². The first-order chi connectivity index (χ1) is 6.79. The topological polar surface area (TPSA) is 55.1 Å². The summed E-state index contributed by atoms with van der Waals surface area (Å²) in [5.41, 5.74) is 6.40. The molecule has 3 nitrogen and oxygen atoms in total. The highest BCUT2D eigenvalue weighted by atomic mass is 79.9. The van der Waals surface area contributed by atoms with E-state index in [1.807, 2.05) is 0 Å². The smallest absolute Gasteiger partial charge is 0.263 e. The van der Waals surface area contributed by atoms with E-state index in [1.165, 1.54) is 11.3 Å². The van der Waals surface area contributed by atoms with E-state index < -0.39 is 0 Å². The van der Waals surface area contributed by atoms with Crippen LogP contribution in [0.1, 0.15) is 35.3 Å². The van der Waals surface area contributed by atoms with E-state index in [2.05, 4.69) is 42.0 Å². The van der Waals surface area contributed by atoms with Crippen molar-refractivity contribution in [3.8, 4) is 0 Å². The molecule has 0 saturated carbocycles. The summed E-state index contributed by atoms with van der Waals surface area (Å²) in [6.07, 6.45) is 0.